The van der Waals surface area contributed by atoms with Crippen LogP contribution in [0, 0.1) is 0 Å². The Labute approximate surface area is 105 Å². The van der Waals surface area contributed by atoms with Crippen molar-refractivity contribution in [3.8, 4) is 0 Å². The summed E-state index contributed by atoms with van der Waals surface area (Å²) in [5, 5.41) is 8.14. The van der Waals surface area contributed by atoms with Crippen molar-refractivity contribution in [3.63, 3.8) is 0 Å². The predicted octanol–water partition coefficient (Wildman–Crippen LogP) is 2.93. The second-order valence-electron chi connectivity index (χ2n) is 5.13. The van der Waals surface area contributed by atoms with Crippen LogP contribution in [0.2, 0.25) is 0 Å². The van der Waals surface area contributed by atoms with Gasteiger partial charge in [-0.25, -0.2) is 0 Å². The monoisotopic (exact) mass is 235 g/mol. The molecule has 3 nitrogen and oxygen atoms in total. The van der Waals surface area contributed by atoms with Gasteiger partial charge in [0.25, 0.3) is 0 Å². The summed E-state index contributed by atoms with van der Waals surface area (Å²) in [6.45, 7) is 6.61. The molecule has 2 rings (SSSR count). The van der Waals surface area contributed by atoms with Crippen molar-refractivity contribution in [2.24, 2.45) is 0 Å². The topological polar surface area (TPSA) is 29.9 Å². The van der Waals surface area contributed by atoms with Crippen LogP contribution in [0.3, 0.4) is 0 Å². The second-order valence-corrected chi connectivity index (χ2v) is 5.13. The molecule has 0 spiro atoms. The molecule has 1 aliphatic rings. The molecular weight excluding hydrogens is 210 g/mol. The summed E-state index contributed by atoms with van der Waals surface area (Å²) in [5.74, 6) is 0.687. The Morgan fingerprint density at radius 3 is 3.00 bits per heavy atom. The summed E-state index contributed by atoms with van der Waals surface area (Å²) in [6, 6.07) is 0.675. The normalized spacial score (nSPS) is 24.4. The van der Waals surface area contributed by atoms with E-state index in [1.807, 2.05) is 0 Å². The fourth-order valence-corrected chi connectivity index (χ4v) is 2.86. The molecule has 1 heterocycles. The zero-order chi connectivity index (χ0) is 12.1. The van der Waals surface area contributed by atoms with Gasteiger partial charge in [0.1, 0.15) is 0 Å². The fraction of sp³-hybridized carbons (Fsp3) is 0.786. The largest absolute Gasteiger partial charge is 0.313 e. The summed E-state index contributed by atoms with van der Waals surface area (Å²) in [5.41, 5.74) is 1.43. The van der Waals surface area contributed by atoms with E-state index < -0.39 is 0 Å². The van der Waals surface area contributed by atoms with Gasteiger partial charge in [0.15, 0.2) is 0 Å². The van der Waals surface area contributed by atoms with Crippen LogP contribution in [0.5, 0.6) is 0 Å². The van der Waals surface area contributed by atoms with Crippen molar-refractivity contribution in [2.45, 2.75) is 64.5 Å². The van der Waals surface area contributed by atoms with Crippen LogP contribution in [0.25, 0.3) is 0 Å². The molecule has 1 aromatic heterocycles. The van der Waals surface area contributed by atoms with Crippen LogP contribution < -0.4 is 5.32 Å². The molecule has 0 saturated heterocycles. The van der Waals surface area contributed by atoms with Gasteiger partial charge < -0.3 is 5.32 Å². The first kappa shape index (κ1) is 12.6. The van der Waals surface area contributed by atoms with Crippen molar-refractivity contribution >= 4 is 0 Å². The quantitative estimate of drug-likeness (QED) is 0.821. The number of rotatable bonds is 6. The van der Waals surface area contributed by atoms with Crippen molar-refractivity contribution in [2.75, 3.05) is 6.54 Å². The number of aromatic nitrogens is 2. The van der Waals surface area contributed by atoms with Gasteiger partial charge in [-0.15, -0.1) is 0 Å². The lowest BCUT2D eigenvalue weighted by molar-refractivity contribution is 0.478. The highest BCUT2D eigenvalue weighted by Crippen LogP contribution is 2.34. The van der Waals surface area contributed by atoms with E-state index in [-0.39, 0.29) is 0 Å². The minimum absolute atomic E-state index is 0.675. The highest BCUT2D eigenvalue weighted by Gasteiger charge is 2.28. The van der Waals surface area contributed by atoms with Crippen LogP contribution >= 0.6 is 0 Å². The average Bonchev–Trinajstić information content (AvgIpc) is 2.94. The van der Waals surface area contributed by atoms with Crippen LogP contribution in [0.4, 0.5) is 0 Å². The maximum atomic E-state index is 4.45. The van der Waals surface area contributed by atoms with Gasteiger partial charge in [-0.05, 0) is 37.8 Å². The third-order valence-electron chi connectivity index (χ3n) is 3.71. The Kier molecular flexibility index (Phi) is 4.60. The first-order chi connectivity index (χ1) is 8.35. The highest BCUT2D eigenvalue weighted by atomic mass is 15.3. The Hall–Kier alpha value is -0.830. The second kappa shape index (κ2) is 6.20. The average molecular weight is 235 g/mol. The third kappa shape index (κ3) is 3.09. The van der Waals surface area contributed by atoms with E-state index in [1.165, 1.54) is 31.2 Å². The van der Waals surface area contributed by atoms with Gasteiger partial charge in [-0.3, -0.25) is 4.68 Å². The lowest BCUT2D eigenvalue weighted by Gasteiger charge is -2.19. The molecule has 17 heavy (non-hydrogen) atoms. The lowest BCUT2D eigenvalue weighted by Crippen LogP contribution is -2.31. The van der Waals surface area contributed by atoms with Crippen molar-refractivity contribution in [3.05, 3.63) is 18.0 Å². The van der Waals surface area contributed by atoms with E-state index in [2.05, 4.69) is 41.3 Å². The van der Waals surface area contributed by atoms with Gasteiger partial charge in [-0.2, -0.15) is 5.10 Å². The van der Waals surface area contributed by atoms with E-state index in [9.17, 15) is 0 Å². The van der Waals surface area contributed by atoms with Crippen molar-refractivity contribution in [1.29, 1.82) is 0 Å². The summed E-state index contributed by atoms with van der Waals surface area (Å²) >= 11 is 0. The number of hydrogen-bond donors (Lipinski definition) is 1. The highest BCUT2D eigenvalue weighted by molar-refractivity contribution is 5.16. The van der Waals surface area contributed by atoms with Crippen LogP contribution in [-0.4, -0.2) is 22.4 Å². The summed E-state index contributed by atoms with van der Waals surface area (Å²) in [7, 11) is 0. The molecule has 3 heteroatoms. The minimum atomic E-state index is 0.675. The molecule has 1 aromatic rings. The van der Waals surface area contributed by atoms with Crippen molar-refractivity contribution < 1.29 is 0 Å². The molecule has 0 amide bonds. The van der Waals surface area contributed by atoms with Crippen LogP contribution in [-0.2, 0) is 6.54 Å². The number of nitrogens with one attached hydrogen (secondary N) is 1. The molecule has 1 aliphatic carbocycles. The molecule has 0 radical (unpaired) electrons. The first-order valence-corrected chi connectivity index (χ1v) is 7.10. The molecule has 1 fully saturated rings. The Morgan fingerprint density at radius 2 is 2.24 bits per heavy atom. The standard InChI is InChI=1S/C14H25N3/c1-3-8-15-14-7-5-6-13(14)12-10-16-17(11-12)9-4-2/h10-11,13-15H,3-9H2,1-2H3. The number of nitrogens with zero attached hydrogens (tertiary/aromatic N) is 2. The Balaban J connectivity index is 1.98. The van der Waals surface area contributed by atoms with E-state index in [1.54, 1.807) is 0 Å². The Morgan fingerprint density at radius 1 is 1.35 bits per heavy atom. The minimum Gasteiger partial charge on any atom is -0.313 e. The Bertz CT molecular complexity index is 332. The molecule has 0 aliphatic heterocycles. The van der Waals surface area contributed by atoms with E-state index >= 15 is 0 Å². The number of hydrogen-bond acceptors (Lipinski definition) is 2. The molecule has 0 bridgehead atoms. The maximum Gasteiger partial charge on any atom is 0.0525 e. The zero-order valence-electron chi connectivity index (χ0n) is 11.2. The smallest absolute Gasteiger partial charge is 0.0525 e. The molecule has 2 unspecified atom stereocenters. The molecule has 96 valence electrons. The van der Waals surface area contributed by atoms with Gasteiger partial charge in [0.05, 0.1) is 6.20 Å². The third-order valence-corrected chi connectivity index (χ3v) is 3.71. The number of aryl methyl sites for hydroxylation is 1. The van der Waals surface area contributed by atoms with Gasteiger partial charge >= 0.3 is 0 Å². The van der Waals surface area contributed by atoms with Gasteiger partial charge in [0, 0.05) is 24.7 Å². The summed E-state index contributed by atoms with van der Waals surface area (Å²) < 4.78 is 2.09. The molecule has 1 saturated carbocycles. The molecule has 2 atom stereocenters. The molecule has 0 aromatic carbocycles. The maximum absolute atomic E-state index is 4.45. The van der Waals surface area contributed by atoms with Crippen molar-refractivity contribution in [1.82, 2.24) is 15.1 Å². The lowest BCUT2D eigenvalue weighted by atomic mass is 9.97. The zero-order valence-corrected chi connectivity index (χ0v) is 11.2. The summed E-state index contributed by atoms with van der Waals surface area (Å²) in [4.78, 5) is 0. The van der Waals surface area contributed by atoms with E-state index in [4.69, 9.17) is 0 Å². The summed E-state index contributed by atoms with van der Waals surface area (Å²) in [6.07, 6.45) is 10.7. The van der Waals surface area contributed by atoms with Gasteiger partial charge in [-0.1, -0.05) is 20.3 Å². The predicted molar refractivity (Wildman–Crippen MR) is 71.2 cm³/mol. The SMILES string of the molecule is CCCNC1CCCC1c1cnn(CCC)c1. The molecular formula is C14H25N3. The van der Waals surface area contributed by atoms with Crippen LogP contribution in [0.15, 0.2) is 12.4 Å². The van der Waals surface area contributed by atoms with Gasteiger partial charge in [0.2, 0.25) is 0 Å². The van der Waals surface area contributed by atoms with E-state index in [0.717, 1.165) is 19.5 Å². The van der Waals surface area contributed by atoms with E-state index in [0.29, 0.717) is 12.0 Å². The van der Waals surface area contributed by atoms with Crippen LogP contribution in [0.1, 0.15) is 57.4 Å². The first-order valence-electron chi connectivity index (χ1n) is 7.10. The molecule has 1 N–H and O–H groups in total. The fourth-order valence-electron chi connectivity index (χ4n) is 2.86.